The zero-order valence-electron chi connectivity index (χ0n) is 10.9. The zero-order chi connectivity index (χ0) is 13.1. The van der Waals surface area contributed by atoms with Gasteiger partial charge in [0.2, 0.25) is 0 Å². The van der Waals surface area contributed by atoms with Crippen molar-refractivity contribution in [1.29, 1.82) is 0 Å². The normalized spacial score (nSPS) is 10.9. The third-order valence-corrected chi connectivity index (χ3v) is 3.39. The van der Waals surface area contributed by atoms with Crippen LogP contribution in [-0.4, -0.2) is 9.55 Å². The van der Waals surface area contributed by atoms with Crippen molar-refractivity contribution in [2.75, 3.05) is 0 Å². The van der Waals surface area contributed by atoms with Crippen molar-refractivity contribution in [1.82, 2.24) is 9.55 Å². The molecule has 96 valence electrons. The van der Waals surface area contributed by atoms with Crippen molar-refractivity contribution in [2.24, 2.45) is 0 Å². The van der Waals surface area contributed by atoms with E-state index in [0.717, 1.165) is 21.7 Å². The minimum atomic E-state index is 0.426. The quantitative estimate of drug-likeness (QED) is 0.849. The van der Waals surface area contributed by atoms with E-state index in [9.17, 15) is 0 Å². The predicted octanol–water partition coefficient (Wildman–Crippen LogP) is 4.11. The van der Waals surface area contributed by atoms with Crippen LogP contribution in [0.25, 0.3) is 0 Å². The van der Waals surface area contributed by atoms with Gasteiger partial charge >= 0.3 is 0 Å². The lowest BCUT2D eigenvalue weighted by Crippen LogP contribution is -2.00. The van der Waals surface area contributed by atoms with E-state index in [1.807, 2.05) is 31.2 Å². The third-order valence-electron chi connectivity index (χ3n) is 2.74. The first-order chi connectivity index (χ1) is 8.58. The molecule has 18 heavy (non-hydrogen) atoms. The highest BCUT2D eigenvalue weighted by molar-refractivity contribution is 9.10. The molecule has 2 rings (SSSR count). The molecule has 0 aliphatic carbocycles. The molecule has 0 bridgehead atoms. The number of imidazole rings is 1. The summed E-state index contributed by atoms with van der Waals surface area (Å²) in [4.78, 5) is 4.50. The van der Waals surface area contributed by atoms with Gasteiger partial charge < -0.3 is 9.30 Å². The maximum atomic E-state index is 5.75. The van der Waals surface area contributed by atoms with Gasteiger partial charge in [-0.3, -0.25) is 0 Å². The smallest absolute Gasteiger partial charge is 0.134 e. The maximum Gasteiger partial charge on any atom is 0.134 e. The van der Waals surface area contributed by atoms with E-state index in [1.165, 1.54) is 0 Å². The van der Waals surface area contributed by atoms with E-state index in [0.29, 0.717) is 12.6 Å². The summed E-state index contributed by atoms with van der Waals surface area (Å²) in [5.41, 5.74) is 0.956. The Morgan fingerprint density at radius 1 is 1.33 bits per heavy atom. The summed E-state index contributed by atoms with van der Waals surface area (Å²) < 4.78 is 8.86. The Labute approximate surface area is 116 Å². The van der Waals surface area contributed by atoms with Gasteiger partial charge in [-0.15, -0.1) is 0 Å². The van der Waals surface area contributed by atoms with Gasteiger partial charge in [0.15, 0.2) is 0 Å². The minimum Gasteiger partial charge on any atom is -0.486 e. The van der Waals surface area contributed by atoms with Gasteiger partial charge in [0, 0.05) is 12.2 Å². The Morgan fingerprint density at radius 2 is 2.06 bits per heavy atom. The van der Waals surface area contributed by atoms with Crippen LogP contribution in [0.15, 0.2) is 34.9 Å². The molecule has 0 saturated heterocycles. The third kappa shape index (κ3) is 2.93. The molecular weight excluding hydrogens is 292 g/mol. The molecule has 1 heterocycles. The number of nitrogens with zero attached hydrogens (tertiary/aromatic N) is 2. The van der Waals surface area contributed by atoms with E-state index in [4.69, 9.17) is 4.74 Å². The van der Waals surface area contributed by atoms with Crippen LogP contribution in [0.4, 0.5) is 0 Å². The van der Waals surface area contributed by atoms with Gasteiger partial charge in [-0.1, -0.05) is 12.1 Å². The van der Waals surface area contributed by atoms with Crippen LogP contribution in [0.1, 0.15) is 31.4 Å². The fourth-order valence-electron chi connectivity index (χ4n) is 1.85. The Kier molecular flexibility index (Phi) is 4.07. The molecule has 4 heteroatoms. The molecule has 1 aromatic heterocycles. The Hall–Kier alpha value is -1.29. The number of rotatable bonds is 4. The molecule has 0 spiro atoms. The molecule has 3 nitrogen and oxygen atoms in total. The zero-order valence-corrected chi connectivity index (χ0v) is 12.4. The van der Waals surface area contributed by atoms with Gasteiger partial charge in [-0.2, -0.15) is 0 Å². The number of hydrogen-bond acceptors (Lipinski definition) is 2. The second kappa shape index (κ2) is 5.57. The molecule has 0 N–H and O–H groups in total. The molecule has 0 unspecified atom stereocenters. The summed E-state index contributed by atoms with van der Waals surface area (Å²) in [5.74, 6) is 1.87. The monoisotopic (exact) mass is 308 g/mol. The first kappa shape index (κ1) is 13.1. The maximum absolute atomic E-state index is 5.75. The van der Waals surface area contributed by atoms with Crippen LogP contribution in [0, 0.1) is 6.92 Å². The summed E-state index contributed by atoms with van der Waals surface area (Å²) in [6, 6.07) is 8.26. The van der Waals surface area contributed by atoms with E-state index < -0.39 is 0 Å². The van der Waals surface area contributed by atoms with E-state index in [1.54, 1.807) is 0 Å². The number of para-hydroxylation sites is 1. The molecule has 2 aromatic rings. The topological polar surface area (TPSA) is 27.1 Å². The average Bonchev–Trinajstić information content (AvgIpc) is 2.70. The second-order valence-corrected chi connectivity index (χ2v) is 5.35. The minimum absolute atomic E-state index is 0.426. The lowest BCUT2D eigenvalue weighted by atomic mass is 10.3. The fraction of sp³-hybridized carbons (Fsp3) is 0.357. The Bertz CT molecular complexity index is 534. The molecule has 0 aliphatic rings. The van der Waals surface area contributed by atoms with Gasteiger partial charge in [0.1, 0.15) is 18.2 Å². The van der Waals surface area contributed by atoms with Gasteiger partial charge in [-0.25, -0.2) is 4.98 Å². The first-order valence-corrected chi connectivity index (χ1v) is 6.79. The van der Waals surface area contributed by atoms with E-state index >= 15 is 0 Å². The van der Waals surface area contributed by atoms with Crippen molar-refractivity contribution in [3.05, 3.63) is 46.5 Å². The van der Waals surface area contributed by atoms with Crippen molar-refractivity contribution < 1.29 is 4.74 Å². The highest BCUT2D eigenvalue weighted by atomic mass is 79.9. The Morgan fingerprint density at radius 3 is 2.67 bits per heavy atom. The molecule has 0 aliphatic heterocycles. The van der Waals surface area contributed by atoms with Crippen molar-refractivity contribution in [2.45, 2.75) is 33.4 Å². The molecule has 0 fully saturated rings. The standard InChI is InChI=1S/C14H17BrN2O/c1-10(2)17-8-12(16-11(17)3)9-18-14-7-5-4-6-13(14)15/h4-8,10H,9H2,1-3H3. The summed E-state index contributed by atoms with van der Waals surface area (Å²) in [7, 11) is 0. The molecular formula is C14H17BrN2O. The number of aromatic nitrogens is 2. The summed E-state index contributed by atoms with van der Waals surface area (Å²) >= 11 is 3.46. The van der Waals surface area contributed by atoms with Crippen LogP contribution < -0.4 is 4.74 Å². The highest BCUT2D eigenvalue weighted by Crippen LogP contribution is 2.24. The largest absolute Gasteiger partial charge is 0.486 e. The van der Waals surface area contributed by atoms with Gasteiger partial charge in [-0.05, 0) is 48.8 Å². The van der Waals surface area contributed by atoms with Crippen molar-refractivity contribution in [3.63, 3.8) is 0 Å². The van der Waals surface area contributed by atoms with Crippen LogP contribution in [0.5, 0.6) is 5.75 Å². The SMILES string of the molecule is Cc1nc(COc2ccccc2Br)cn1C(C)C. The van der Waals surface area contributed by atoms with Crippen LogP contribution in [0.3, 0.4) is 0 Å². The lowest BCUT2D eigenvalue weighted by Gasteiger charge is -2.07. The summed E-state index contributed by atoms with van der Waals surface area (Å²) in [5, 5.41) is 0. The lowest BCUT2D eigenvalue weighted by molar-refractivity contribution is 0.299. The van der Waals surface area contributed by atoms with Gasteiger partial charge in [0.05, 0.1) is 10.2 Å². The second-order valence-electron chi connectivity index (χ2n) is 4.50. The molecule has 0 atom stereocenters. The number of benzene rings is 1. The summed E-state index contributed by atoms with van der Waals surface area (Å²) in [6.07, 6.45) is 2.05. The van der Waals surface area contributed by atoms with E-state index in [2.05, 4.69) is 45.5 Å². The van der Waals surface area contributed by atoms with Crippen LogP contribution >= 0.6 is 15.9 Å². The first-order valence-electron chi connectivity index (χ1n) is 5.99. The Balaban J connectivity index is 2.07. The fourth-order valence-corrected chi connectivity index (χ4v) is 2.25. The number of ether oxygens (including phenoxy) is 1. The van der Waals surface area contributed by atoms with Crippen molar-refractivity contribution in [3.8, 4) is 5.75 Å². The average molecular weight is 309 g/mol. The molecule has 0 amide bonds. The van der Waals surface area contributed by atoms with Crippen LogP contribution in [-0.2, 0) is 6.61 Å². The number of aryl methyl sites for hydroxylation is 1. The number of hydrogen-bond donors (Lipinski definition) is 0. The number of halogens is 1. The highest BCUT2D eigenvalue weighted by Gasteiger charge is 2.08. The molecule has 0 radical (unpaired) electrons. The predicted molar refractivity (Wildman–Crippen MR) is 75.8 cm³/mol. The molecule has 1 aromatic carbocycles. The van der Waals surface area contributed by atoms with Gasteiger partial charge in [0.25, 0.3) is 0 Å². The van der Waals surface area contributed by atoms with Crippen molar-refractivity contribution >= 4 is 15.9 Å². The van der Waals surface area contributed by atoms with Crippen LogP contribution in [0.2, 0.25) is 0 Å². The van der Waals surface area contributed by atoms with E-state index in [-0.39, 0.29) is 0 Å². The summed E-state index contributed by atoms with van der Waals surface area (Å²) in [6.45, 7) is 6.80. The molecule has 0 saturated carbocycles.